The van der Waals surface area contributed by atoms with Gasteiger partial charge in [0, 0.05) is 5.41 Å². The largest absolute Gasteiger partial charge is 0.303 e. The van der Waals surface area contributed by atoms with E-state index in [1.807, 2.05) is 0 Å². The molecule has 0 amide bonds. The van der Waals surface area contributed by atoms with Gasteiger partial charge < -0.3 is 4.79 Å². The Bertz CT molecular complexity index is 195. The lowest BCUT2D eigenvalue weighted by molar-refractivity contribution is -0.121. The molecule has 0 saturated heterocycles. The molecule has 2 aliphatic rings. The summed E-state index contributed by atoms with van der Waals surface area (Å²) >= 11 is 0. The van der Waals surface area contributed by atoms with Crippen LogP contribution in [-0.4, -0.2) is 6.29 Å². The molecule has 2 aliphatic carbocycles. The highest BCUT2D eigenvalue weighted by atomic mass is 16.1. The number of carbonyl (C=O) groups is 1. The van der Waals surface area contributed by atoms with Gasteiger partial charge in [0.15, 0.2) is 0 Å². The summed E-state index contributed by atoms with van der Waals surface area (Å²) in [5.41, 5.74) is 0.124. The molecule has 2 fully saturated rings. The summed E-state index contributed by atoms with van der Waals surface area (Å²) < 4.78 is 0. The van der Waals surface area contributed by atoms with Crippen LogP contribution < -0.4 is 0 Å². The second-order valence-electron chi connectivity index (χ2n) is 5.00. The number of rotatable bonds is 3. The smallest absolute Gasteiger partial charge is 0.126 e. The van der Waals surface area contributed by atoms with Gasteiger partial charge in [-0.3, -0.25) is 0 Å². The van der Waals surface area contributed by atoms with Gasteiger partial charge >= 0.3 is 0 Å². The van der Waals surface area contributed by atoms with E-state index in [2.05, 4.69) is 6.92 Å². The third kappa shape index (κ3) is 1.43. The van der Waals surface area contributed by atoms with Crippen LogP contribution in [-0.2, 0) is 4.79 Å². The summed E-state index contributed by atoms with van der Waals surface area (Å²) in [6.07, 6.45) is 10.2. The zero-order valence-corrected chi connectivity index (χ0v) is 8.59. The predicted molar refractivity (Wildman–Crippen MR) is 53.5 cm³/mol. The Kier molecular flexibility index (Phi) is 2.44. The van der Waals surface area contributed by atoms with E-state index in [4.69, 9.17) is 0 Å². The molecule has 1 heteroatoms. The van der Waals surface area contributed by atoms with Crippen LogP contribution in [0.25, 0.3) is 0 Å². The molecular formula is C12H20O. The Morgan fingerprint density at radius 1 is 1.38 bits per heavy atom. The molecule has 0 spiro atoms. The monoisotopic (exact) mass is 180 g/mol. The lowest BCUT2D eigenvalue weighted by Gasteiger charge is -2.39. The maximum Gasteiger partial charge on any atom is 0.126 e. The van der Waals surface area contributed by atoms with Gasteiger partial charge in [-0.25, -0.2) is 0 Å². The van der Waals surface area contributed by atoms with Crippen molar-refractivity contribution in [3.8, 4) is 0 Å². The average Bonchev–Trinajstić information content (AvgIpc) is 2.47. The van der Waals surface area contributed by atoms with E-state index in [-0.39, 0.29) is 5.41 Å². The summed E-state index contributed by atoms with van der Waals surface area (Å²) in [6.45, 7) is 2.26. The van der Waals surface area contributed by atoms with E-state index in [9.17, 15) is 4.79 Å². The quantitative estimate of drug-likeness (QED) is 0.610. The van der Waals surface area contributed by atoms with Crippen LogP contribution in [0.4, 0.5) is 0 Å². The van der Waals surface area contributed by atoms with Crippen LogP contribution in [0.2, 0.25) is 0 Å². The minimum Gasteiger partial charge on any atom is -0.303 e. The lowest BCUT2D eigenvalue weighted by atomic mass is 9.64. The molecular weight excluding hydrogens is 160 g/mol. The van der Waals surface area contributed by atoms with Crippen LogP contribution in [0, 0.1) is 17.3 Å². The highest BCUT2D eigenvalue weighted by Gasteiger charge is 2.46. The molecule has 2 rings (SSSR count). The Labute approximate surface area is 80.9 Å². The fraction of sp³-hybridized carbons (Fsp3) is 0.917. The predicted octanol–water partition coefficient (Wildman–Crippen LogP) is 3.18. The van der Waals surface area contributed by atoms with Crippen LogP contribution in [0.3, 0.4) is 0 Å². The fourth-order valence-corrected chi connectivity index (χ4v) is 3.12. The molecule has 0 radical (unpaired) electrons. The summed E-state index contributed by atoms with van der Waals surface area (Å²) in [5.74, 6) is 1.59. The number of hydrogen-bond acceptors (Lipinski definition) is 1. The first-order chi connectivity index (χ1) is 6.30. The third-order valence-electron chi connectivity index (χ3n) is 4.42. The van der Waals surface area contributed by atoms with Gasteiger partial charge in [-0.2, -0.15) is 0 Å². The van der Waals surface area contributed by atoms with Gasteiger partial charge in [-0.1, -0.05) is 19.8 Å². The standard InChI is InChI=1S/C12H20O/c1-2-10-6-7-12(8-10,9-13)11-4-3-5-11/h9-11H,2-8H2,1H3. The van der Waals surface area contributed by atoms with Gasteiger partial charge in [0.25, 0.3) is 0 Å². The number of carbonyl (C=O) groups excluding carboxylic acids is 1. The summed E-state index contributed by atoms with van der Waals surface area (Å²) in [6, 6.07) is 0. The molecule has 13 heavy (non-hydrogen) atoms. The van der Waals surface area contributed by atoms with Gasteiger partial charge in [0.05, 0.1) is 0 Å². The van der Waals surface area contributed by atoms with Crippen LogP contribution in [0.5, 0.6) is 0 Å². The highest BCUT2D eigenvalue weighted by Crippen LogP contribution is 2.53. The van der Waals surface area contributed by atoms with Crippen molar-refractivity contribution >= 4 is 6.29 Å². The van der Waals surface area contributed by atoms with Crippen molar-refractivity contribution in [2.75, 3.05) is 0 Å². The fourth-order valence-electron chi connectivity index (χ4n) is 3.12. The third-order valence-corrected chi connectivity index (χ3v) is 4.42. The van der Waals surface area contributed by atoms with E-state index in [1.165, 1.54) is 51.2 Å². The molecule has 0 N–H and O–H groups in total. The first-order valence-electron chi connectivity index (χ1n) is 5.77. The van der Waals surface area contributed by atoms with E-state index in [0.717, 1.165) is 11.8 Å². The molecule has 74 valence electrons. The minimum atomic E-state index is 0.124. The van der Waals surface area contributed by atoms with E-state index < -0.39 is 0 Å². The van der Waals surface area contributed by atoms with Crippen molar-refractivity contribution in [3.05, 3.63) is 0 Å². The van der Waals surface area contributed by atoms with E-state index >= 15 is 0 Å². The van der Waals surface area contributed by atoms with Crippen molar-refractivity contribution in [2.24, 2.45) is 17.3 Å². The molecule has 0 heterocycles. The zero-order valence-electron chi connectivity index (χ0n) is 8.59. The lowest BCUT2D eigenvalue weighted by Crippen LogP contribution is -2.34. The molecule has 0 bridgehead atoms. The average molecular weight is 180 g/mol. The van der Waals surface area contributed by atoms with Gasteiger partial charge in [-0.15, -0.1) is 0 Å². The van der Waals surface area contributed by atoms with Crippen molar-refractivity contribution in [1.29, 1.82) is 0 Å². The Morgan fingerprint density at radius 2 is 2.15 bits per heavy atom. The molecule has 2 atom stereocenters. The zero-order chi connectivity index (χ0) is 9.31. The van der Waals surface area contributed by atoms with Crippen molar-refractivity contribution in [2.45, 2.75) is 51.9 Å². The number of aldehydes is 1. The SMILES string of the molecule is CCC1CCC(C=O)(C2CCC2)C1. The van der Waals surface area contributed by atoms with E-state index in [0.29, 0.717) is 0 Å². The van der Waals surface area contributed by atoms with Crippen molar-refractivity contribution in [1.82, 2.24) is 0 Å². The summed E-state index contributed by atoms with van der Waals surface area (Å²) in [7, 11) is 0. The summed E-state index contributed by atoms with van der Waals surface area (Å²) in [5, 5.41) is 0. The maximum atomic E-state index is 11.2. The first kappa shape index (κ1) is 9.23. The summed E-state index contributed by atoms with van der Waals surface area (Å²) in [4.78, 5) is 11.2. The van der Waals surface area contributed by atoms with Gasteiger partial charge in [-0.05, 0) is 43.9 Å². The molecule has 0 aromatic carbocycles. The van der Waals surface area contributed by atoms with Crippen LogP contribution in [0.1, 0.15) is 51.9 Å². The highest BCUT2D eigenvalue weighted by molar-refractivity contribution is 5.61. The Morgan fingerprint density at radius 3 is 2.54 bits per heavy atom. The second kappa shape index (κ2) is 3.43. The molecule has 1 nitrogen and oxygen atoms in total. The molecule has 2 saturated carbocycles. The van der Waals surface area contributed by atoms with Crippen molar-refractivity contribution < 1.29 is 4.79 Å². The second-order valence-corrected chi connectivity index (χ2v) is 5.00. The topological polar surface area (TPSA) is 17.1 Å². The van der Waals surface area contributed by atoms with Gasteiger partial charge in [0.2, 0.25) is 0 Å². The molecule has 0 aromatic rings. The maximum absolute atomic E-state index is 11.2. The Hall–Kier alpha value is -0.330. The number of hydrogen-bond donors (Lipinski definition) is 0. The van der Waals surface area contributed by atoms with E-state index in [1.54, 1.807) is 0 Å². The van der Waals surface area contributed by atoms with Gasteiger partial charge in [0.1, 0.15) is 6.29 Å². The molecule has 0 aliphatic heterocycles. The molecule has 2 unspecified atom stereocenters. The normalized spacial score (nSPS) is 40.2. The van der Waals surface area contributed by atoms with Crippen LogP contribution >= 0.6 is 0 Å². The minimum absolute atomic E-state index is 0.124. The Balaban J connectivity index is 2.04. The van der Waals surface area contributed by atoms with Crippen molar-refractivity contribution in [3.63, 3.8) is 0 Å². The van der Waals surface area contributed by atoms with Crippen LogP contribution in [0.15, 0.2) is 0 Å². The first-order valence-corrected chi connectivity index (χ1v) is 5.77. The molecule has 0 aromatic heterocycles.